The molecule has 0 radical (unpaired) electrons. The fraction of sp³-hybridized carbons (Fsp3) is 1.00. The van der Waals surface area contributed by atoms with Crippen molar-refractivity contribution in [2.45, 2.75) is 0 Å². The van der Waals surface area contributed by atoms with E-state index in [1.54, 1.807) is 0 Å². The van der Waals surface area contributed by atoms with E-state index in [-0.39, 0.29) is 17.0 Å². The summed E-state index contributed by atoms with van der Waals surface area (Å²) < 4.78 is 0. The van der Waals surface area contributed by atoms with Crippen LogP contribution in [-0.2, 0) is 14.9 Å². The van der Waals surface area contributed by atoms with Gasteiger partial charge in [-0.3, -0.25) is 0 Å². The van der Waals surface area contributed by atoms with E-state index >= 15 is 0 Å². The van der Waals surface area contributed by atoms with Gasteiger partial charge in [0.05, 0.1) is 0 Å². The summed E-state index contributed by atoms with van der Waals surface area (Å²) in [7, 11) is 1.47. The van der Waals surface area contributed by atoms with Gasteiger partial charge in [0.15, 0.2) is 0 Å². The van der Waals surface area contributed by atoms with Crippen LogP contribution in [0.2, 0.25) is 0 Å². The van der Waals surface area contributed by atoms with Crippen LogP contribution < -0.4 is 0 Å². The van der Waals surface area contributed by atoms with Crippen molar-refractivity contribution in [2.75, 3.05) is 17.8 Å². The van der Waals surface area contributed by atoms with E-state index < -0.39 is 0 Å². The fourth-order valence-electron chi connectivity index (χ4n) is 0.108. The minimum absolute atomic E-state index is 0. The Morgan fingerprint density at radius 2 is 2.00 bits per heavy atom. The molecule has 0 aromatic heterocycles. The molecule has 0 fully saturated rings. The molecule has 0 aliphatic rings. The van der Waals surface area contributed by atoms with Gasteiger partial charge in [0.1, 0.15) is 0 Å². The van der Waals surface area contributed by atoms with Gasteiger partial charge in [-0.2, -0.15) is 0 Å². The van der Waals surface area contributed by atoms with Gasteiger partial charge in [-0.25, -0.2) is 0 Å². The molecule has 0 unspecified atom stereocenters. The third kappa shape index (κ3) is 11.3. The van der Waals surface area contributed by atoms with Crippen molar-refractivity contribution in [1.82, 2.24) is 0 Å². The van der Waals surface area contributed by atoms with Crippen LogP contribution in [0.3, 0.4) is 0 Å². The van der Waals surface area contributed by atoms with E-state index in [2.05, 4.69) is 6.26 Å². The Hall–Kier alpha value is 1.70. The summed E-state index contributed by atoms with van der Waals surface area (Å²) >= 11 is 6.58. The second-order valence-corrected chi connectivity index (χ2v) is 3.17. The van der Waals surface area contributed by atoms with Crippen LogP contribution in [0.5, 0.6) is 0 Å². The van der Waals surface area contributed by atoms with Crippen molar-refractivity contribution in [3.63, 3.8) is 0 Å². The summed E-state index contributed by atoms with van der Waals surface area (Å²) in [5, 5.41) is 0. The van der Waals surface area contributed by atoms with Crippen molar-refractivity contribution in [3.05, 3.63) is 0 Å². The standard InChI is InChI=1S/C3H8S2.BrH.Cu/c1-5-3-2-4;;/h4H,2-3H2,1H3;1H;/q;;+1/p-1. The van der Waals surface area contributed by atoms with Crippen LogP contribution >= 0.6 is 38.9 Å². The van der Waals surface area contributed by atoms with E-state index in [9.17, 15) is 0 Å². The van der Waals surface area contributed by atoms with Gasteiger partial charge in [-0.05, 0) is 0 Å². The van der Waals surface area contributed by atoms with Crippen LogP contribution in [0.25, 0.3) is 0 Å². The van der Waals surface area contributed by atoms with Crippen LogP contribution in [0, 0.1) is 0 Å². The minimum atomic E-state index is 0. The van der Waals surface area contributed by atoms with E-state index in [1.165, 1.54) is 15.9 Å². The monoisotopic (exact) mass is 250 g/mol. The molecule has 0 spiro atoms. The first-order valence-electron chi connectivity index (χ1n) is 1.61. The second-order valence-electron chi connectivity index (χ2n) is 0.784. The molecule has 0 atom stereocenters. The molecule has 0 saturated heterocycles. The maximum atomic E-state index is 4.75. The molecule has 0 aromatic rings. The maximum absolute atomic E-state index is 4.75. The van der Waals surface area contributed by atoms with E-state index in [1.807, 2.05) is 11.8 Å². The zero-order chi connectivity index (χ0) is 4.83. The Balaban J connectivity index is 0. The van der Waals surface area contributed by atoms with Crippen LogP contribution in [0.1, 0.15) is 0 Å². The summed E-state index contributed by atoms with van der Waals surface area (Å²) in [5.74, 6) is 2.28. The van der Waals surface area contributed by atoms with Gasteiger partial charge in [0.25, 0.3) is 0 Å². The van der Waals surface area contributed by atoms with Crippen LogP contribution in [-0.4, -0.2) is 17.8 Å². The van der Waals surface area contributed by atoms with Gasteiger partial charge in [0, 0.05) is 0 Å². The number of halogens is 1. The molecule has 4 heteroatoms. The van der Waals surface area contributed by atoms with Gasteiger partial charge in [0.2, 0.25) is 0 Å². The fourth-order valence-corrected chi connectivity index (χ4v) is 1.68. The van der Waals surface area contributed by atoms with Crippen molar-refractivity contribution in [2.24, 2.45) is 0 Å². The zero-order valence-corrected chi connectivity index (χ0v) is 8.23. The van der Waals surface area contributed by atoms with Gasteiger partial charge < -0.3 is 0 Å². The Morgan fingerprint density at radius 3 is 2.14 bits per heavy atom. The summed E-state index contributed by atoms with van der Waals surface area (Å²) in [6.07, 6.45) is 2.09. The molecule has 0 N–H and O–H groups in total. The van der Waals surface area contributed by atoms with Gasteiger partial charge >= 0.3 is 54.6 Å². The zero-order valence-electron chi connectivity index (χ0n) is 3.94. The molecule has 0 aliphatic heterocycles. The Bertz CT molecular complexity index is 24.9. The van der Waals surface area contributed by atoms with Gasteiger partial charge in [-0.15, -0.1) is 17.0 Å². The van der Waals surface area contributed by atoms with Crippen LogP contribution in [0.4, 0.5) is 0 Å². The Kier molecular flexibility index (Phi) is 17.5. The van der Waals surface area contributed by atoms with Crippen molar-refractivity contribution < 1.29 is 14.9 Å². The van der Waals surface area contributed by atoms with Crippen molar-refractivity contribution in [3.8, 4) is 0 Å². The van der Waals surface area contributed by atoms with E-state index in [0.717, 1.165) is 5.75 Å². The third-order valence-corrected chi connectivity index (χ3v) is 2.12. The normalized spacial score (nSPS) is 7.86. The first-order chi connectivity index (χ1) is 2.91. The Morgan fingerprint density at radius 1 is 1.43 bits per heavy atom. The molecule has 7 heavy (non-hydrogen) atoms. The summed E-state index contributed by atoms with van der Waals surface area (Å²) in [6, 6.07) is 0. The molecule has 50 valence electrons. The van der Waals surface area contributed by atoms with Gasteiger partial charge in [-0.1, -0.05) is 0 Å². The summed E-state index contributed by atoms with van der Waals surface area (Å²) in [4.78, 5) is 0. The predicted octanol–water partition coefficient (Wildman–Crippen LogP) is 2.12. The number of hydrogen-bond acceptors (Lipinski definition) is 2. The molecule has 0 aliphatic carbocycles. The SMILES string of the molecule is Br.CSCC[S][Cu]. The number of thioether (sulfide) groups is 1. The van der Waals surface area contributed by atoms with Crippen LogP contribution in [0.15, 0.2) is 0 Å². The summed E-state index contributed by atoms with van der Waals surface area (Å²) in [6.45, 7) is 0. The first-order valence-corrected chi connectivity index (χ1v) is 4.98. The molecule has 0 rings (SSSR count). The molecule has 0 heterocycles. The predicted molar refractivity (Wildman–Crippen MR) is 41.2 cm³/mol. The molecule has 0 amide bonds. The first kappa shape index (κ1) is 11.5. The third-order valence-electron chi connectivity index (χ3n) is 0.349. The quantitative estimate of drug-likeness (QED) is 0.557. The van der Waals surface area contributed by atoms with Crippen molar-refractivity contribution in [1.29, 1.82) is 0 Å². The molecule has 0 aromatic carbocycles. The number of hydrogen-bond donors (Lipinski definition) is 0. The topological polar surface area (TPSA) is 0 Å². The van der Waals surface area contributed by atoms with E-state index in [4.69, 9.17) is 14.9 Å². The molecular formula is C3H8BrCuS2. The van der Waals surface area contributed by atoms with E-state index in [0.29, 0.717) is 0 Å². The molecule has 0 nitrogen and oxygen atoms in total. The van der Waals surface area contributed by atoms with Crippen molar-refractivity contribution >= 4 is 38.9 Å². The average molecular weight is 252 g/mol. The average Bonchev–Trinajstić information content (AvgIpc) is 1.61. The molecule has 0 saturated carbocycles. The summed E-state index contributed by atoms with van der Waals surface area (Å²) in [5.41, 5.74) is 0. The second kappa shape index (κ2) is 10.6. The molecular weight excluding hydrogens is 244 g/mol. The number of rotatable bonds is 3. The molecule has 0 bridgehead atoms. The Labute approximate surface area is 71.2 Å².